The predicted octanol–water partition coefficient (Wildman–Crippen LogP) is 4.29. The van der Waals surface area contributed by atoms with E-state index in [0.717, 1.165) is 12.6 Å². The summed E-state index contributed by atoms with van der Waals surface area (Å²) in [5.74, 6) is 0. The van der Waals surface area contributed by atoms with Gasteiger partial charge in [0, 0.05) is 16.6 Å². The number of benzene rings is 1. The first-order valence-corrected chi connectivity index (χ1v) is 9.29. The standard InChI is InChI=1S/C18H27BrN2/c1-14-5-2-3-11-21(14)12-4-10-20-18-9-6-15-13-16(19)7-8-17(15)18/h7-8,13-14,18,20H,2-6,9-12H2,1H3. The number of likely N-dealkylation sites (tertiary alicyclic amines) is 1. The molecule has 3 heteroatoms. The van der Waals surface area contributed by atoms with Gasteiger partial charge in [0.05, 0.1) is 0 Å². The minimum Gasteiger partial charge on any atom is -0.310 e. The fourth-order valence-electron chi connectivity index (χ4n) is 3.85. The molecular weight excluding hydrogens is 324 g/mol. The largest absolute Gasteiger partial charge is 0.310 e. The molecule has 21 heavy (non-hydrogen) atoms. The van der Waals surface area contributed by atoms with Gasteiger partial charge in [-0.25, -0.2) is 0 Å². The van der Waals surface area contributed by atoms with Gasteiger partial charge in [-0.15, -0.1) is 0 Å². The Labute approximate surface area is 137 Å². The summed E-state index contributed by atoms with van der Waals surface area (Å²) in [5.41, 5.74) is 3.04. The molecule has 0 radical (unpaired) electrons. The van der Waals surface area contributed by atoms with Crippen molar-refractivity contribution < 1.29 is 0 Å². The quantitative estimate of drug-likeness (QED) is 0.796. The van der Waals surface area contributed by atoms with Crippen molar-refractivity contribution in [1.29, 1.82) is 0 Å². The van der Waals surface area contributed by atoms with Gasteiger partial charge < -0.3 is 10.2 Å². The lowest BCUT2D eigenvalue weighted by molar-refractivity contribution is 0.158. The Morgan fingerprint density at radius 3 is 3.05 bits per heavy atom. The third-order valence-corrected chi connectivity index (χ3v) is 5.63. The molecule has 2 unspecified atom stereocenters. The van der Waals surface area contributed by atoms with Gasteiger partial charge in [-0.05, 0) is 81.9 Å². The molecule has 0 spiro atoms. The van der Waals surface area contributed by atoms with Gasteiger partial charge in [0.15, 0.2) is 0 Å². The molecule has 2 nitrogen and oxygen atoms in total. The second-order valence-corrected chi connectivity index (χ2v) is 7.54. The first-order valence-electron chi connectivity index (χ1n) is 8.50. The van der Waals surface area contributed by atoms with Gasteiger partial charge in [-0.2, -0.15) is 0 Å². The van der Waals surface area contributed by atoms with E-state index in [9.17, 15) is 0 Å². The van der Waals surface area contributed by atoms with E-state index >= 15 is 0 Å². The molecule has 0 aromatic heterocycles. The van der Waals surface area contributed by atoms with Crippen LogP contribution in [0, 0.1) is 0 Å². The van der Waals surface area contributed by atoms with Crippen LogP contribution >= 0.6 is 15.9 Å². The summed E-state index contributed by atoms with van der Waals surface area (Å²) >= 11 is 3.57. The van der Waals surface area contributed by atoms with Gasteiger partial charge in [-0.3, -0.25) is 0 Å². The number of hydrogen-bond donors (Lipinski definition) is 1. The number of nitrogens with zero attached hydrogens (tertiary/aromatic N) is 1. The zero-order chi connectivity index (χ0) is 14.7. The van der Waals surface area contributed by atoms with E-state index < -0.39 is 0 Å². The number of aryl methyl sites for hydroxylation is 1. The van der Waals surface area contributed by atoms with E-state index in [1.807, 2.05) is 0 Å². The number of hydrogen-bond acceptors (Lipinski definition) is 2. The highest BCUT2D eigenvalue weighted by Gasteiger charge is 2.22. The number of piperidine rings is 1. The fraction of sp³-hybridized carbons (Fsp3) is 0.667. The normalized spacial score (nSPS) is 26.0. The van der Waals surface area contributed by atoms with Crippen LogP contribution in [0.3, 0.4) is 0 Å². The molecule has 116 valence electrons. The molecular formula is C18H27BrN2. The van der Waals surface area contributed by atoms with Crippen LogP contribution < -0.4 is 5.32 Å². The van der Waals surface area contributed by atoms with Crippen LogP contribution in [-0.2, 0) is 6.42 Å². The van der Waals surface area contributed by atoms with Crippen LogP contribution in [0.4, 0.5) is 0 Å². The molecule has 1 saturated heterocycles. The van der Waals surface area contributed by atoms with E-state index in [-0.39, 0.29) is 0 Å². The van der Waals surface area contributed by atoms with E-state index in [1.54, 1.807) is 0 Å². The zero-order valence-electron chi connectivity index (χ0n) is 13.1. The Kier molecular flexibility index (Phi) is 5.36. The average Bonchev–Trinajstić information content (AvgIpc) is 2.87. The molecule has 3 rings (SSSR count). The van der Waals surface area contributed by atoms with E-state index in [1.165, 1.54) is 67.2 Å². The van der Waals surface area contributed by atoms with Crippen molar-refractivity contribution in [3.8, 4) is 0 Å². The van der Waals surface area contributed by atoms with Crippen LogP contribution in [0.2, 0.25) is 0 Å². The summed E-state index contributed by atoms with van der Waals surface area (Å²) in [5, 5.41) is 3.77. The number of halogens is 1. The molecule has 1 aliphatic heterocycles. The lowest BCUT2D eigenvalue weighted by Gasteiger charge is -2.33. The zero-order valence-corrected chi connectivity index (χ0v) is 14.7. The summed E-state index contributed by atoms with van der Waals surface area (Å²) in [6.45, 7) is 6.09. The van der Waals surface area contributed by atoms with Crippen LogP contribution in [0.5, 0.6) is 0 Å². The smallest absolute Gasteiger partial charge is 0.0326 e. The second kappa shape index (κ2) is 7.26. The van der Waals surface area contributed by atoms with Crippen LogP contribution in [0.1, 0.15) is 56.2 Å². The minimum atomic E-state index is 0.576. The summed E-state index contributed by atoms with van der Waals surface area (Å²) in [7, 11) is 0. The Balaban J connectivity index is 1.43. The van der Waals surface area contributed by atoms with Crippen molar-refractivity contribution in [2.24, 2.45) is 0 Å². The van der Waals surface area contributed by atoms with Gasteiger partial charge >= 0.3 is 0 Å². The molecule has 0 bridgehead atoms. The van der Waals surface area contributed by atoms with Gasteiger partial charge in [0.2, 0.25) is 0 Å². The second-order valence-electron chi connectivity index (χ2n) is 6.62. The summed E-state index contributed by atoms with van der Waals surface area (Å²) in [6.07, 6.45) is 7.94. The Morgan fingerprint density at radius 1 is 1.29 bits per heavy atom. The van der Waals surface area contributed by atoms with E-state index in [0.29, 0.717) is 6.04 Å². The molecule has 2 atom stereocenters. The van der Waals surface area contributed by atoms with Crippen molar-refractivity contribution in [1.82, 2.24) is 10.2 Å². The fourth-order valence-corrected chi connectivity index (χ4v) is 4.25. The molecule has 1 N–H and O–H groups in total. The molecule has 1 fully saturated rings. The van der Waals surface area contributed by atoms with Gasteiger partial charge in [0.1, 0.15) is 0 Å². The van der Waals surface area contributed by atoms with Crippen LogP contribution in [0.25, 0.3) is 0 Å². The highest BCUT2D eigenvalue weighted by Crippen LogP contribution is 2.32. The third kappa shape index (κ3) is 3.88. The van der Waals surface area contributed by atoms with Crippen molar-refractivity contribution >= 4 is 15.9 Å². The van der Waals surface area contributed by atoms with E-state index in [4.69, 9.17) is 0 Å². The highest BCUT2D eigenvalue weighted by atomic mass is 79.9. The Bertz CT molecular complexity index is 474. The lowest BCUT2D eigenvalue weighted by Crippen LogP contribution is -2.39. The molecule has 0 amide bonds. The monoisotopic (exact) mass is 350 g/mol. The maximum Gasteiger partial charge on any atom is 0.0326 e. The number of fused-ring (bicyclic) bond motifs is 1. The summed E-state index contributed by atoms with van der Waals surface area (Å²) < 4.78 is 1.21. The number of nitrogens with one attached hydrogen (secondary N) is 1. The molecule has 0 saturated carbocycles. The van der Waals surface area contributed by atoms with Gasteiger partial charge in [-0.1, -0.05) is 28.4 Å². The topological polar surface area (TPSA) is 15.3 Å². The average molecular weight is 351 g/mol. The van der Waals surface area contributed by atoms with Crippen molar-refractivity contribution in [3.05, 3.63) is 33.8 Å². The highest BCUT2D eigenvalue weighted by molar-refractivity contribution is 9.10. The third-order valence-electron chi connectivity index (χ3n) is 5.14. The molecule has 1 aromatic rings. The molecule has 1 heterocycles. The maximum absolute atomic E-state index is 3.77. The Morgan fingerprint density at radius 2 is 2.19 bits per heavy atom. The maximum atomic E-state index is 3.77. The first kappa shape index (κ1) is 15.5. The lowest BCUT2D eigenvalue weighted by atomic mass is 10.0. The van der Waals surface area contributed by atoms with E-state index in [2.05, 4.69) is 51.3 Å². The summed E-state index contributed by atoms with van der Waals surface area (Å²) in [4.78, 5) is 2.67. The molecule has 1 aromatic carbocycles. The molecule has 2 aliphatic rings. The predicted molar refractivity (Wildman–Crippen MR) is 92.7 cm³/mol. The first-order chi connectivity index (χ1) is 10.2. The Hall–Kier alpha value is -0.380. The molecule has 1 aliphatic carbocycles. The SMILES string of the molecule is CC1CCCCN1CCCNC1CCc2cc(Br)ccc21. The van der Waals surface area contributed by atoms with Crippen molar-refractivity contribution in [3.63, 3.8) is 0 Å². The minimum absolute atomic E-state index is 0.576. The van der Waals surface area contributed by atoms with Crippen LogP contribution in [0.15, 0.2) is 22.7 Å². The summed E-state index contributed by atoms with van der Waals surface area (Å²) in [6, 6.07) is 8.12. The van der Waals surface area contributed by atoms with Gasteiger partial charge in [0.25, 0.3) is 0 Å². The number of rotatable bonds is 5. The van der Waals surface area contributed by atoms with Crippen molar-refractivity contribution in [2.75, 3.05) is 19.6 Å². The van der Waals surface area contributed by atoms with Crippen LogP contribution in [-0.4, -0.2) is 30.6 Å². The van der Waals surface area contributed by atoms with Crippen molar-refractivity contribution in [2.45, 2.75) is 57.5 Å².